The smallest absolute Gasteiger partial charge is 0.282 e. The summed E-state index contributed by atoms with van der Waals surface area (Å²) in [7, 11) is -1.59. The highest BCUT2D eigenvalue weighted by Gasteiger charge is 2.32. The maximum absolute atomic E-state index is 12.2. The Morgan fingerprint density at radius 1 is 1.47 bits per heavy atom. The van der Waals surface area contributed by atoms with Crippen molar-refractivity contribution in [1.82, 2.24) is 13.9 Å². The van der Waals surface area contributed by atoms with Crippen LogP contribution in [0.1, 0.15) is 26.7 Å². The molecule has 1 rings (SSSR count). The van der Waals surface area contributed by atoms with Gasteiger partial charge in [0.15, 0.2) is 0 Å². The summed E-state index contributed by atoms with van der Waals surface area (Å²) in [6.45, 7) is 6.66. The molecule has 5 nitrogen and oxygen atoms in total. The Morgan fingerprint density at radius 2 is 2.12 bits per heavy atom. The Morgan fingerprint density at radius 3 is 2.65 bits per heavy atom. The standard InChI is InChI=1S/C10H23N3O2S.ClH/c1-4-5-7-12(3)16(14,15)13-8-6-11-9-10(13)2;/h10-11H,4-9H2,1-3H3;1H. The van der Waals surface area contributed by atoms with Crippen LogP contribution >= 0.6 is 12.4 Å². The summed E-state index contributed by atoms with van der Waals surface area (Å²) < 4.78 is 27.5. The summed E-state index contributed by atoms with van der Waals surface area (Å²) in [6.07, 6.45) is 1.92. The van der Waals surface area contributed by atoms with Crippen molar-refractivity contribution in [2.45, 2.75) is 32.7 Å². The molecule has 0 saturated carbocycles. The first kappa shape index (κ1) is 17.1. The highest BCUT2D eigenvalue weighted by atomic mass is 35.5. The summed E-state index contributed by atoms with van der Waals surface area (Å²) in [6, 6.07) is 0.0443. The number of piperazine rings is 1. The van der Waals surface area contributed by atoms with Crippen molar-refractivity contribution in [2.24, 2.45) is 0 Å². The zero-order valence-electron chi connectivity index (χ0n) is 10.8. The molecular formula is C10H24ClN3O2S. The average Bonchev–Trinajstić information content (AvgIpc) is 2.26. The van der Waals surface area contributed by atoms with Crippen molar-refractivity contribution < 1.29 is 8.42 Å². The largest absolute Gasteiger partial charge is 0.314 e. The lowest BCUT2D eigenvalue weighted by atomic mass is 10.3. The van der Waals surface area contributed by atoms with Gasteiger partial charge in [0.25, 0.3) is 10.2 Å². The van der Waals surface area contributed by atoms with Crippen LogP contribution in [0.3, 0.4) is 0 Å². The van der Waals surface area contributed by atoms with E-state index in [0.717, 1.165) is 25.9 Å². The lowest BCUT2D eigenvalue weighted by molar-refractivity contribution is 0.263. The third-order valence-corrected chi connectivity index (χ3v) is 5.06. The molecule has 1 unspecified atom stereocenters. The van der Waals surface area contributed by atoms with Crippen LogP contribution in [0.2, 0.25) is 0 Å². The van der Waals surface area contributed by atoms with Gasteiger partial charge in [0, 0.05) is 39.3 Å². The second-order valence-corrected chi connectivity index (χ2v) is 6.33. The number of rotatable bonds is 5. The molecule has 17 heavy (non-hydrogen) atoms. The van der Waals surface area contributed by atoms with Gasteiger partial charge in [-0.3, -0.25) is 0 Å². The van der Waals surface area contributed by atoms with Gasteiger partial charge in [0.2, 0.25) is 0 Å². The molecule has 1 saturated heterocycles. The quantitative estimate of drug-likeness (QED) is 0.808. The number of hydrogen-bond donors (Lipinski definition) is 1. The van der Waals surface area contributed by atoms with E-state index in [9.17, 15) is 8.42 Å². The van der Waals surface area contributed by atoms with Crippen LogP contribution in [0.25, 0.3) is 0 Å². The Balaban J connectivity index is 0.00000256. The predicted molar refractivity (Wildman–Crippen MR) is 72.7 cm³/mol. The van der Waals surface area contributed by atoms with E-state index in [1.165, 1.54) is 4.31 Å². The first-order valence-electron chi connectivity index (χ1n) is 5.94. The highest BCUT2D eigenvalue weighted by Crippen LogP contribution is 2.13. The zero-order valence-corrected chi connectivity index (χ0v) is 12.5. The van der Waals surface area contributed by atoms with Gasteiger partial charge in [0.1, 0.15) is 0 Å². The molecule has 104 valence electrons. The van der Waals surface area contributed by atoms with Gasteiger partial charge in [-0.2, -0.15) is 17.0 Å². The van der Waals surface area contributed by atoms with Crippen LogP contribution < -0.4 is 5.32 Å². The SMILES string of the molecule is CCCCN(C)S(=O)(=O)N1CCNCC1C.Cl. The van der Waals surface area contributed by atoms with Gasteiger partial charge >= 0.3 is 0 Å². The molecule has 0 aromatic heterocycles. The van der Waals surface area contributed by atoms with Gasteiger partial charge in [-0.15, -0.1) is 12.4 Å². The summed E-state index contributed by atoms with van der Waals surface area (Å²) in [5, 5.41) is 3.19. The molecule has 1 atom stereocenters. The van der Waals surface area contributed by atoms with E-state index >= 15 is 0 Å². The molecule has 0 bridgehead atoms. The molecule has 1 aliphatic rings. The van der Waals surface area contributed by atoms with Crippen molar-refractivity contribution >= 4 is 22.6 Å². The Kier molecular flexibility index (Phi) is 7.58. The summed E-state index contributed by atoms with van der Waals surface area (Å²) in [4.78, 5) is 0. The van der Waals surface area contributed by atoms with Crippen molar-refractivity contribution in [2.75, 3.05) is 33.2 Å². The minimum absolute atomic E-state index is 0. The lowest BCUT2D eigenvalue weighted by Crippen LogP contribution is -2.55. The fraction of sp³-hybridized carbons (Fsp3) is 1.00. The van der Waals surface area contributed by atoms with E-state index < -0.39 is 10.2 Å². The number of nitrogens with zero attached hydrogens (tertiary/aromatic N) is 2. The summed E-state index contributed by atoms with van der Waals surface area (Å²) in [5.41, 5.74) is 0. The van der Waals surface area contributed by atoms with E-state index in [4.69, 9.17) is 0 Å². The maximum Gasteiger partial charge on any atom is 0.282 e. The van der Waals surface area contributed by atoms with Gasteiger partial charge in [0.05, 0.1) is 0 Å². The van der Waals surface area contributed by atoms with Crippen molar-refractivity contribution in [3.63, 3.8) is 0 Å². The first-order valence-corrected chi connectivity index (χ1v) is 7.33. The predicted octanol–water partition coefficient (Wildman–Crippen LogP) is 0.679. The Hall–Kier alpha value is 0.120. The lowest BCUT2D eigenvalue weighted by Gasteiger charge is -2.35. The number of halogens is 1. The van der Waals surface area contributed by atoms with Crippen LogP contribution in [-0.2, 0) is 10.2 Å². The van der Waals surface area contributed by atoms with Crippen molar-refractivity contribution in [3.8, 4) is 0 Å². The van der Waals surface area contributed by atoms with Crippen LogP contribution in [-0.4, -0.2) is 56.3 Å². The van der Waals surface area contributed by atoms with E-state index in [1.54, 1.807) is 11.4 Å². The van der Waals surface area contributed by atoms with Crippen LogP contribution in [0, 0.1) is 0 Å². The van der Waals surface area contributed by atoms with E-state index in [-0.39, 0.29) is 18.4 Å². The average molecular weight is 286 g/mol. The van der Waals surface area contributed by atoms with Crippen LogP contribution in [0.4, 0.5) is 0 Å². The molecular weight excluding hydrogens is 262 g/mol. The molecule has 1 N–H and O–H groups in total. The molecule has 0 aliphatic carbocycles. The van der Waals surface area contributed by atoms with Gasteiger partial charge in [-0.05, 0) is 13.3 Å². The fourth-order valence-electron chi connectivity index (χ4n) is 1.84. The number of hydrogen-bond acceptors (Lipinski definition) is 3. The minimum atomic E-state index is -3.26. The molecule has 0 spiro atoms. The molecule has 0 aromatic rings. The van der Waals surface area contributed by atoms with Crippen LogP contribution in [0.5, 0.6) is 0 Å². The topological polar surface area (TPSA) is 52.7 Å². The molecule has 1 aliphatic heterocycles. The fourth-order valence-corrected chi connectivity index (χ4v) is 3.41. The third kappa shape index (κ3) is 4.37. The van der Waals surface area contributed by atoms with Crippen LogP contribution in [0.15, 0.2) is 0 Å². The molecule has 1 fully saturated rings. The Bertz CT molecular complexity index is 311. The Labute approximate surface area is 111 Å². The number of unbranched alkanes of at least 4 members (excludes halogenated alkanes) is 1. The third-order valence-electron chi connectivity index (χ3n) is 2.96. The summed E-state index contributed by atoms with van der Waals surface area (Å²) in [5.74, 6) is 0. The molecule has 0 radical (unpaired) electrons. The summed E-state index contributed by atoms with van der Waals surface area (Å²) >= 11 is 0. The monoisotopic (exact) mass is 285 g/mol. The van der Waals surface area contributed by atoms with Crippen molar-refractivity contribution in [1.29, 1.82) is 0 Å². The molecule has 7 heteroatoms. The van der Waals surface area contributed by atoms with Crippen molar-refractivity contribution in [3.05, 3.63) is 0 Å². The van der Waals surface area contributed by atoms with Gasteiger partial charge < -0.3 is 5.32 Å². The maximum atomic E-state index is 12.2. The van der Waals surface area contributed by atoms with E-state index in [1.807, 2.05) is 6.92 Å². The molecule has 0 aromatic carbocycles. The normalized spacial score (nSPS) is 22.5. The second-order valence-electron chi connectivity index (χ2n) is 4.35. The van der Waals surface area contributed by atoms with Gasteiger partial charge in [-0.1, -0.05) is 13.3 Å². The van der Waals surface area contributed by atoms with Gasteiger partial charge in [-0.25, -0.2) is 0 Å². The molecule has 1 heterocycles. The minimum Gasteiger partial charge on any atom is -0.314 e. The first-order chi connectivity index (χ1) is 7.50. The number of nitrogens with one attached hydrogen (secondary N) is 1. The second kappa shape index (κ2) is 7.53. The zero-order chi connectivity index (χ0) is 12.2. The molecule has 0 amide bonds. The highest BCUT2D eigenvalue weighted by molar-refractivity contribution is 7.86. The van der Waals surface area contributed by atoms with E-state index in [0.29, 0.717) is 13.1 Å². The van der Waals surface area contributed by atoms with E-state index in [2.05, 4.69) is 12.2 Å².